The molecule has 0 aromatic rings. The molecular formula is C12H24NS+. The van der Waals surface area contributed by atoms with Crippen molar-refractivity contribution in [2.45, 2.75) is 45.4 Å². The predicted octanol–water partition coefficient (Wildman–Crippen LogP) is 3.89. The van der Waals surface area contributed by atoms with Gasteiger partial charge in [-0.2, -0.15) is 0 Å². The first-order chi connectivity index (χ1) is 6.81. The van der Waals surface area contributed by atoms with Crippen molar-refractivity contribution in [3.05, 3.63) is 12.8 Å². The number of thioether (sulfide) groups is 1. The summed E-state index contributed by atoms with van der Waals surface area (Å²) in [6.45, 7) is 5.95. The lowest BCUT2D eigenvalue weighted by molar-refractivity contribution is -0.413. The molecule has 0 atom stereocenters. The number of hydrogen-bond acceptors (Lipinski definition) is 1. The monoisotopic (exact) mass is 214 g/mol. The predicted molar refractivity (Wildman–Crippen MR) is 68.3 cm³/mol. The van der Waals surface area contributed by atoms with Crippen LogP contribution in [-0.4, -0.2) is 22.9 Å². The van der Waals surface area contributed by atoms with Crippen molar-refractivity contribution in [2.24, 2.45) is 0 Å². The standard InChI is InChI=1S/C12H24NS/c1-4-6-7-8-9-10-11-14-12-13(3)5-2/h5,12H,2,4,6-11H2,1,3H3/q+1. The Bertz CT molecular complexity index is 164. The van der Waals surface area contributed by atoms with Gasteiger partial charge in [-0.25, -0.2) is 4.58 Å². The van der Waals surface area contributed by atoms with E-state index in [9.17, 15) is 0 Å². The summed E-state index contributed by atoms with van der Waals surface area (Å²) in [6, 6.07) is 0. The highest BCUT2D eigenvalue weighted by molar-refractivity contribution is 8.11. The number of hydrogen-bond donors (Lipinski definition) is 0. The third kappa shape index (κ3) is 9.85. The molecule has 0 saturated heterocycles. The summed E-state index contributed by atoms with van der Waals surface area (Å²) < 4.78 is 2.00. The number of unbranched alkanes of at least 4 members (excludes halogenated alkanes) is 5. The van der Waals surface area contributed by atoms with Crippen molar-refractivity contribution < 1.29 is 4.58 Å². The third-order valence-electron chi connectivity index (χ3n) is 2.14. The minimum Gasteiger partial charge on any atom is -0.203 e. The van der Waals surface area contributed by atoms with Crippen LogP contribution in [0.1, 0.15) is 45.4 Å². The second kappa shape index (κ2) is 10.8. The highest BCUT2D eigenvalue weighted by Gasteiger charge is 1.92. The normalized spacial score (nSPS) is 11.7. The molecule has 0 saturated carbocycles. The summed E-state index contributed by atoms with van der Waals surface area (Å²) in [5, 5.41) is 0. The first kappa shape index (κ1) is 13.8. The quantitative estimate of drug-likeness (QED) is 0.243. The zero-order valence-corrected chi connectivity index (χ0v) is 10.5. The third-order valence-corrected chi connectivity index (χ3v) is 3.15. The summed E-state index contributed by atoms with van der Waals surface area (Å²) in [6.07, 6.45) is 10.1. The summed E-state index contributed by atoms with van der Waals surface area (Å²) >= 11 is 1.88. The van der Waals surface area contributed by atoms with E-state index in [1.165, 1.54) is 44.3 Å². The second-order valence-corrected chi connectivity index (χ2v) is 4.54. The fraction of sp³-hybridized carbons (Fsp3) is 0.750. The minimum atomic E-state index is 1.24. The van der Waals surface area contributed by atoms with Crippen LogP contribution in [0.3, 0.4) is 0 Å². The zero-order valence-electron chi connectivity index (χ0n) is 9.67. The fourth-order valence-electron chi connectivity index (χ4n) is 1.18. The van der Waals surface area contributed by atoms with Crippen LogP contribution < -0.4 is 0 Å². The summed E-state index contributed by atoms with van der Waals surface area (Å²) in [5.74, 6) is 1.24. The van der Waals surface area contributed by atoms with E-state index in [1.54, 1.807) is 0 Å². The van der Waals surface area contributed by atoms with E-state index in [0.29, 0.717) is 0 Å². The topological polar surface area (TPSA) is 3.01 Å². The molecule has 82 valence electrons. The Morgan fingerprint density at radius 2 is 1.79 bits per heavy atom. The van der Waals surface area contributed by atoms with Gasteiger partial charge in [-0.1, -0.05) is 50.8 Å². The van der Waals surface area contributed by atoms with E-state index < -0.39 is 0 Å². The highest BCUT2D eigenvalue weighted by atomic mass is 32.2. The molecule has 2 heteroatoms. The Morgan fingerprint density at radius 1 is 1.14 bits per heavy atom. The molecule has 0 amide bonds. The van der Waals surface area contributed by atoms with Crippen LogP contribution in [0, 0.1) is 0 Å². The molecule has 0 radical (unpaired) electrons. The van der Waals surface area contributed by atoms with E-state index in [1.807, 2.05) is 29.6 Å². The van der Waals surface area contributed by atoms with Gasteiger partial charge in [0.15, 0.2) is 6.20 Å². The molecule has 0 spiro atoms. The molecule has 0 fully saturated rings. The van der Waals surface area contributed by atoms with Crippen LogP contribution in [0.25, 0.3) is 0 Å². The Labute approximate surface area is 93.3 Å². The molecule has 0 rings (SSSR count). The lowest BCUT2D eigenvalue weighted by atomic mass is 10.1. The van der Waals surface area contributed by atoms with Crippen LogP contribution >= 0.6 is 11.8 Å². The van der Waals surface area contributed by atoms with Crippen LogP contribution in [-0.2, 0) is 0 Å². The molecule has 0 aliphatic carbocycles. The molecule has 0 heterocycles. The van der Waals surface area contributed by atoms with Crippen LogP contribution in [0.15, 0.2) is 12.8 Å². The molecule has 0 aliphatic heterocycles. The average Bonchev–Trinajstić information content (AvgIpc) is 2.21. The molecule has 0 aromatic heterocycles. The van der Waals surface area contributed by atoms with Gasteiger partial charge in [0.2, 0.25) is 5.55 Å². The van der Waals surface area contributed by atoms with Crippen molar-refractivity contribution >= 4 is 17.3 Å². The maximum Gasteiger partial charge on any atom is 0.203 e. The van der Waals surface area contributed by atoms with Gasteiger partial charge >= 0.3 is 0 Å². The molecule has 0 aromatic carbocycles. The van der Waals surface area contributed by atoms with Gasteiger partial charge in [-0.3, -0.25) is 0 Å². The maximum atomic E-state index is 3.69. The van der Waals surface area contributed by atoms with Crippen molar-refractivity contribution in [1.82, 2.24) is 0 Å². The van der Waals surface area contributed by atoms with Gasteiger partial charge < -0.3 is 0 Å². The Balaban J connectivity index is 3.10. The molecule has 0 unspecified atom stereocenters. The Kier molecular flexibility index (Phi) is 10.7. The Morgan fingerprint density at radius 3 is 2.43 bits per heavy atom. The summed E-state index contributed by atoms with van der Waals surface area (Å²) in [4.78, 5) is 0. The first-order valence-corrected chi connectivity index (χ1v) is 6.65. The number of rotatable bonds is 9. The van der Waals surface area contributed by atoms with Gasteiger partial charge in [0.25, 0.3) is 0 Å². The van der Waals surface area contributed by atoms with Gasteiger partial charge in [0.1, 0.15) is 7.05 Å². The van der Waals surface area contributed by atoms with Gasteiger partial charge in [0.05, 0.1) is 0 Å². The first-order valence-electron chi connectivity index (χ1n) is 5.60. The fourth-order valence-corrected chi connectivity index (χ4v) is 1.98. The van der Waals surface area contributed by atoms with E-state index in [0.717, 1.165) is 0 Å². The molecular weight excluding hydrogens is 190 g/mol. The lowest BCUT2D eigenvalue weighted by Crippen LogP contribution is -1.94. The SMILES string of the molecule is C=C[N+](C)=CSCCCCCCCC. The van der Waals surface area contributed by atoms with E-state index in [2.05, 4.69) is 19.0 Å². The van der Waals surface area contributed by atoms with Gasteiger partial charge in [-0.15, -0.1) is 0 Å². The largest absolute Gasteiger partial charge is 0.203 e. The Hall–Kier alpha value is -0.240. The van der Waals surface area contributed by atoms with E-state index in [-0.39, 0.29) is 0 Å². The van der Waals surface area contributed by atoms with Gasteiger partial charge in [0, 0.05) is 5.75 Å². The van der Waals surface area contributed by atoms with Crippen LogP contribution in [0.5, 0.6) is 0 Å². The number of nitrogens with zero attached hydrogens (tertiary/aromatic N) is 1. The minimum absolute atomic E-state index is 1.24. The van der Waals surface area contributed by atoms with Crippen molar-refractivity contribution in [2.75, 3.05) is 12.8 Å². The van der Waals surface area contributed by atoms with Crippen molar-refractivity contribution in [1.29, 1.82) is 0 Å². The molecule has 0 N–H and O–H groups in total. The van der Waals surface area contributed by atoms with Crippen LogP contribution in [0.2, 0.25) is 0 Å². The molecule has 0 aliphatic rings. The molecule has 1 nitrogen and oxygen atoms in total. The van der Waals surface area contributed by atoms with E-state index >= 15 is 0 Å². The van der Waals surface area contributed by atoms with Crippen LogP contribution in [0.4, 0.5) is 0 Å². The van der Waals surface area contributed by atoms with Crippen molar-refractivity contribution in [3.8, 4) is 0 Å². The average molecular weight is 214 g/mol. The summed E-state index contributed by atoms with van der Waals surface area (Å²) in [5.41, 5.74) is 2.12. The lowest BCUT2D eigenvalue weighted by Gasteiger charge is -1.97. The highest BCUT2D eigenvalue weighted by Crippen LogP contribution is 2.07. The molecule has 14 heavy (non-hydrogen) atoms. The summed E-state index contributed by atoms with van der Waals surface area (Å²) in [7, 11) is 2.02. The zero-order chi connectivity index (χ0) is 10.6. The smallest absolute Gasteiger partial charge is 0.203 e. The van der Waals surface area contributed by atoms with E-state index in [4.69, 9.17) is 0 Å². The second-order valence-electron chi connectivity index (χ2n) is 3.59. The maximum absolute atomic E-state index is 3.69. The van der Waals surface area contributed by atoms with Gasteiger partial charge in [-0.05, 0) is 13.0 Å². The molecule has 0 bridgehead atoms. The van der Waals surface area contributed by atoms with Crippen molar-refractivity contribution in [3.63, 3.8) is 0 Å².